The standard InChI is InChI=1S/C18H18N6O/c25-17(16-12-19-14-6-2-3-7-15(14)23-16)22-13-10-20-18(21-11-13)24-8-4-1-5-9-24/h2-3,6-7,10-12H,1,4-5,8-9H2,(H,22,25). The van der Waals surface area contributed by atoms with E-state index in [4.69, 9.17) is 0 Å². The van der Waals surface area contributed by atoms with Gasteiger partial charge in [-0.1, -0.05) is 12.1 Å². The molecular formula is C18H18N6O. The van der Waals surface area contributed by atoms with Crippen LogP contribution < -0.4 is 10.2 Å². The number of nitrogens with zero attached hydrogens (tertiary/aromatic N) is 5. The average Bonchev–Trinajstić information content (AvgIpc) is 2.69. The van der Waals surface area contributed by atoms with E-state index in [0.717, 1.165) is 18.6 Å². The van der Waals surface area contributed by atoms with Gasteiger partial charge in [0.25, 0.3) is 5.91 Å². The van der Waals surface area contributed by atoms with Crippen molar-refractivity contribution >= 4 is 28.6 Å². The first-order valence-electron chi connectivity index (χ1n) is 8.40. The minimum atomic E-state index is -0.326. The van der Waals surface area contributed by atoms with E-state index in [1.807, 2.05) is 24.3 Å². The van der Waals surface area contributed by atoms with Crippen molar-refractivity contribution in [3.63, 3.8) is 0 Å². The highest BCUT2D eigenvalue weighted by Gasteiger charge is 2.14. The third-order valence-electron chi connectivity index (χ3n) is 4.22. The van der Waals surface area contributed by atoms with Crippen LogP contribution in [0.5, 0.6) is 0 Å². The number of rotatable bonds is 3. The maximum Gasteiger partial charge on any atom is 0.275 e. The molecule has 25 heavy (non-hydrogen) atoms. The molecule has 1 fully saturated rings. The van der Waals surface area contributed by atoms with E-state index in [0.29, 0.717) is 17.2 Å². The van der Waals surface area contributed by atoms with Gasteiger partial charge in [0.05, 0.1) is 35.3 Å². The molecule has 2 aromatic heterocycles. The fourth-order valence-corrected chi connectivity index (χ4v) is 2.90. The highest BCUT2D eigenvalue weighted by Crippen LogP contribution is 2.16. The Hall–Kier alpha value is -3.09. The van der Waals surface area contributed by atoms with Gasteiger partial charge in [-0.3, -0.25) is 9.78 Å². The summed E-state index contributed by atoms with van der Waals surface area (Å²) < 4.78 is 0. The Balaban J connectivity index is 1.47. The van der Waals surface area contributed by atoms with Gasteiger partial charge in [0, 0.05) is 13.1 Å². The van der Waals surface area contributed by atoms with Crippen LogP contribution in [0.2, 0.25) is 0 Å². The van der Waals surface area contributed by atoms with E-state index in [9.17, 15) is 4.79 Å². The minimum Gasteiger partial charge on any atom is -0.341 e. The summed E-state index contributed by atoms with van der Waals surface area (Å²) in [6.45, 7) is 1.97. The number of amides is 1. The molecule has 1 aliphatic rings. The number of piperidine rings is 1. The minimum absolute atomic E-state index is 0.263. The van der Waals surface area contributed by atoms with Crippen LogP contribution >= 0.6 is 0 Å². The Kier molecular flexibility index (Phi) is 4.20. The molecule has 1 aliphatic heterocycles. The second-order valence-corrected chi connectivity index (χ2v) is 6.02. The second-order valence-electron chi connectivity index (χ2n) is 6.02. The maximum absolute atomic E-state index is 12.4. The molecular weight excluding hydrogens is 316 g/mol. The van der Waals surface area contributed by atoms with Crippen molar-refractivity contribution in [1.82, 2.24) is 19.9 Å². The number of benzene rings is 1. The van der Waals surface area contributed by atoms with E-state index < -0.39 is 0 Å². The van der Waals surface area contributed by atoms with Gasteiger partial charge in [-0.2, -0.15) is 0 Å². The summed E-state index contributed by atoms with van der Waals surface area (Å²) in [5.41, 5.74) is 2.25. The van der Waals surface area contributed by atoms with Crippen molar-refractivity contribution in [2.45, 2.75) is 19.3 Å². The zero-order valence-electron chi connectivity index (χ0n) is 13.7. The number of aromatic nitrogens is 4. The molecule has 4 rings (SSSR count). The number of anilines is 2. The molecule has 1 saturated heterocycles. The summed E-state index contributed by atoms with van der Waals surface area (Å²) >= 11 is 0. The first-order valence-corrected chi connectivity index (χ1v) is 8.40. The summed E-state index contributed by atoms with van der Waals surface area (Å²) in [6.07, 6.45) is 8.33. The molecule has 0 atom stereocenters. The molecule has 3 heterocycles. The lowest BCUT2D eigenvalue weighted by Crippen LogP contribution is -2.30. The Morgan fingerprint density at radius 3 is 2.40 bits per heavy atom. The van der Waals surface area contributed by atoms with Gasteiger partial charge in [0.2, 0.25) is 5.95 Å². The first kappa shape index (κ1) is 15.4. The summed E-state index contributed by atoms with van der Waals surface area (Å²) in [5.74, 6) is 0.385. The van der Waals surface area contributed by atoms with Crippen LogP contribution in [0.3, 0.4) is 0 Å². The highest BCUT2D eigenvalue weighted by atomic mass is 16.1. The second kappa shape index (κ2) is 6.80. The smallest absolute Gasteiger partial charge is 0.275 e. The largest absolute Gasteiger partial charge is 0.341 e. The summed E-state index contributed by atoms with van der Waals surface area (Å²) in [7, 11) is 0. The molecule has 7 heteroatoms. The topological polar surface area (TPSA) is 83.9 Å². The van der Waals surface area contributed by atoms with Crippen LogP contribution in [0.15, 0.2) is 42.9 Å². The quantitative estimate of drug-likeness (QED) is 0.793. The summed E-state index contributed by atoms with van der Waals surface area (Å²) in [4.78, 5) is 31.9. The monoisotopic (exact) mass is 334 g/mol. The molecule has 0 bridgehead atoms. The van der Waals surface area contributed by atoms with Gasteiger partial charge in [-0.05, 0) is 31.4 Å². The third kappa shape index (κ3) is 3.40. The van der Waals surface area contributed by atoms with Crippen molar-refractivity contribution in [3.05, 3.63) is 48.5 Å². The van der Waals surface area contributed by atoms with E-state index in [1.165, 1.54) is 25.5 Å². The molecule has 1 amide bonds. The lowest BCUT2D eigenvalue weighted by molar-refractivity contribution is 0.102. The highest BCUT2D eigenvalue weighted by molar-refractivity contribution is 6.03. The Morgan fingerprint density at radius 1 is 0.920 bits per heavy atom. The number of nitrogens with one attached hydrogen (secondary N) is 1. The fraction of sp³-hybridized carbons (Fsp3) is 0.278. The number of fused-ring (bicyclic) bond motifs is 1. The van der Waals surface area contributed by atoms with Crippen molar-refractivity contribution in [3.8, 4) is 0 Å². The van der Waals surface area contributed by atoms with Crippen LogP contribution in [0.25, 0.3) is 11.0 Å². The van der Waals surface area contributed by atoms with Crippen molar-refractivity contribution in [1.29, 1.82) is 0 Å². The van der Waals surface area contributed by atoms with E-state index in [-0.39, 0.29) is 11.6 Å². The molecule has 0 radical (unpaired) electrons. The average molecular weight is 334 g/mol. The van der Waals surface area contributed by atoms with Crippen LogP contribution in [-0.2, 0) is 0 Å². The molecule has 0 aliphatic carbocycles. The number of hydrogen-bond acceptors (Lipinski definition) is 6. The Labute approximate surface area is 145 Å². The van der Waals surface area contributed by atoms with Crippen LogP contribution in [0.1, 0.15) is 29.8 Å². The van der Waals surface area contributed by atoms with E-state index in [2.05, 4.69) is 30.2 Å². The van der Waals surface area contributed by atoms with Gasteiger partial charge in [0.15, 0.2) is 0 Å². The molecule has 1 N–H and O–H groups in total. The summed E-state index contributed by atoms with van der Waals surface area (Å²) in [5, 5.41) is 2.77. The van der Waals surface area contributed by atoms with Gasteiger partial charge in [0.1, 0.15) is 5.69 Å². The molecule has 3 aromatic rings. The molecule has 0 spiro atoms. The fourth-order valence-electron chi connectivity index (χ4n) is 2.90. The van der Waals surface area contributed by atoms with Gasteiger partial charge >= 0.3 is 0 Å². The normalized spacial score (nSPS) is 14.5. The lowest BCUT2D eigenvalue weighted by atomic mass is 10.1. The predicted octanol–water partition coefficient (Wildman–Crippen LogP) is 2.66. The van der Waals surface area contributed by atoms with Crippen LogP contribution in [-0.4, -0.2) is 38.9 Å². The lowest BCUT2D eigenvalue weighted by Gasteiger charge is -2.26. The first-order chi connectivity index (χ1) is 12.3. The van der Waals surface area contributed by atoms with Crippen LogP contribution in [0.4, 0.5) is 11.6 Å². The molecule has 0 saturated carbocycles. The van der Waals surface area contributed by atoms with Gasteiger partial charge in [-0.25, -0.2) is 15.0 Å². The molecule has 1 aromatic carbocycles. The predicted molar refractivity (Wildman–Crippen MR) is 95.6 cm³/mol. The van der Waals surface area contributed by atoms with Gasteiger partial charge in [-0.15, -0.1) is 0 Å². The molecule has 0 unspecified atom stereocenters. The third-order valence-corrected chi connectivity index (χ3v) is 4.22. The number of para-hydroxylation sites is 2. The van der Waals surface area contributed by atoms with Crippen molar-refractivity contribution in [2.75, 3.05) is 23.3 Å². The number of carbonyl (C=O) groups excluding carboxylic acids is 1. The zero-order valence-corrected chi connectivity index (χ0v) is 13.7. The van der Waals surface area contributed by atoms with E-state index >= 15 is 0 Å². The van der Waals surface area contributed by atoms with E-state index in [1.54, 1.807) is 12.4 Å². The number of carbonyl (C=O) groups is 1. The molecule has 126 valence electrons. The van der Waals surface area contributed by atoms with Crippen LogP contribution in [0, 0.1) is 0 Å². The molecule has 7 nitrogen and oxygen atoms in total. The van der Waals surface area contributed by atoms with Crippen molar-refractivity contribution in [2.24, 2.45) is 0 Å². The Bertz CT molecular complexity index is 889. The number of hydrogen-bond donors (Lipinski definition) is 1. The SMILES string of the molecule is O=C(Nc1cnc(N2CCCCC2)nc1)c1cnc2ccccc2n1. The Morgan fingerprint density at radius 2 is 1.64 bits per heavy atom. The summed E-state index contributed by atoms with van der Waals surface area (Å²) in [6, 6.07) is 7.44. The van der Waals surface area contributed by atoms with Gasteiger partial charge < -0.3 is 10.2 Å². The maximum atomic E-state index is 12.4. The van der Waals surface area contributed by atoms with Crippen molar-refractivity contribution < 1.29 is 4.79 Å². The zero-order chi connectivity index (χ0) is 17.1.